The summed E-state index contributed by atoms with van der Waals surface area (Å²) in [6.45, 7) is 0. The molecule has 0 aliphatic carbocycles. The van der Waals surface area contributed by atoms with Crippen molar-refractivity contribution in [3.63, 3.8) is 0 Å². The Bertz CT molecular complexity index is 545. The Labute approximate surface area is 110 Å². The predicted molar refractivity (Wildman–Crippen MR) is 71.2 cm³/mol. The standard InChI is InChI=1S/C13H12ClN3O/c14-10-5-1-2-6-11(10)17-12(13(15)18)9-4-3-7-16-8-9/h1-8,12,17H,(H2,15,18). The van der Waals surface area contributed by atoms with Gasteiger partial charge in [0, 0.05) is 18.0 Å². The van der Waals surface area contributed by atoms with E-state index in [1.165, 1.54) is 0 Å². The number of benzene rings is 1. The molecular weight excluding hydrogens is 250 g/mol. The molecule has 1 heterocycles. The molecule has 4 nitrogen and oxygen atoms in total. The Morgan fingerprint density at radius 2 is 2.06 bits per heavy atom. The number of amides is 1. The van der Waals surface area contributed by atoms with E-state index in [0.717, 1.165) is 0 Å². The molecular formula is C13H12ClN3O. The van der Waals surface area contributed by atoms with Crippen molar-refractivity contribution in [3.8, 4) is 0 Å². The van der Waals surface area contributed by atoms with Crippen LogP contribution in [-0.2, 0) is 4.79 Å². The number of hydrogen-bond donors (Lipinski definition) is 2. The van der Waals surface area contributed by atoms with Crippen LogP contribution in [0.15, 0.2) is 48.8 Å². The van der Waals surface area contributed by atoms with Crippen LogP contribution in [-0.4, -0.2) is 10.9 Å². The number of aromatic nitrogens is 1. The number of carbonyl (C=O) groups excluding carboxylic acids is 1. The van der Waals surface area contributed by atoms with Crippen LogP contribution < -0.4 is 11.1 Å². The summed E-state index contributed by atoms with van der Waals surface area (Å²) in [6.07, 6.45) is 3.23. The van der Waals surface area contributed by atoms with Crippen LogP contribution in [0, 0.1) is 0 Å². The first kappa shape index (κ1) is 12.4. The zero-order chi connectivity index (χ0) is 13.0. The van der Waals surface area contributed by atoms with Gasteiger partial charge in [0.05, 0.1) is 10.7 Å². The van der Waals surface area contributed by atoms with Crippen molar-refractivity contribution in [3.05, 3.63) is 59.4 Å². The van der Waals surface area contributed by atoms with Gasteiger partial charge in [-0.3, -0.25) is 9.78 Å². The SMILES string of the molecule is NC(=O)C(Nc1ccccc1Cl)c1cccnc1. The number of hydrogen-bond acceptors (Lipinski definition) is 3. The lowest BCUT2D eigenvalue weighted by Gasteiger charge is -2.17. The Morgan fingerprint density at radius 3 is 2.67 bits per heavy atom. The van der Waals surface area contributed by atoms with Crippen molar-refractivity contribution in [1.29, 1.82) is 0 Å². The first-order chi connectivity index (χ1) is 8.68. The van der Waals surface area contributed by atoms with E-state index < -0.39 is 11.9 Å². The molecule has 2 rings (SSSR count). The van der Waals surface area contributed by atoms with Crippen molar-refractivity contribution in [2.75, 3.05) is 5.32 Å². The fourth-order valence-electron chi connectivity index (χ4n) is 1.60. The smallest absolute Gasteiger partial charge is 0.244 e. The molecule has 1 aromatic carbocycles. The molecule has 5 heteroatoms. The topological polar surface area (TPSA) is 68.0 Å². The van der Waals surface area contributed by atoms with E-state index in [2.05, 4.69) is 10.3 Å². The number of pyridine rings is 1. The highest BCUT2D eigenvalue weighted by Gasteiger charge is 2.18. The quantitative estimate of drug-likeness (QED) is 0.888. The lowest BCUT2D eigenvalue weighted by molar-refractivity contribution is -0.118. The van der Waals surface area contributed by atoms with Gasteiger partial charge in [-0.1, -0.05) is 29.8 Å². The molecule has 1 atom stereocenters. The monoisotopic (exact) mass is 261 g/mol. The van der Waals surface area contributed by atoms with Gasteiger partial charge in [0.25, 0.3) is 0 Å². The molecule has 0 radical (unpaired) electrons. The highest BCUT2D eigenvalue weighted by Crippen LogP contribution is 2.25. The van der Waals surface area contributed by atoms with E-state index in [9.17, 15) is 4.79 Å². The Balaban J connectivity index is 2.28. The van der Waals surface area contributed by atoms with Gasteiger partial charge in [-0.05, 0) is 18.2 Å². The van der Waals surface area contributed by atoms with Crippen LogP contribution in [0.5, 0.6) is 0 Å². The first-order valence-corrected chi connectivity index (χ1v) is 5.76. The van der Waals surface area contributed by atoms with Crippen LogP contribution in [0.3, 0.4) is 0 Å². The first-order valence-electron chi connectivity index (χ1n) is 5.39. The minimum absolute atomic E-state index is 0.483. The number of rotatable bonds is 4. The highest BCUT2D eigenvalue weighted by atomic mass is 35.5. The second-order valence-corrected chi connectivity index (χ2v) is 4.15. The summed E-state index contributed by atoms with van der Waals surface area (Å²) >= 11 is 6.03. The summed E-state index contributed by atoms with van der Waals surface area (Å²) in [7, 11) is 0. The molecule has 0 saturated heterocycles. The summed E-state index contributed by atoms with van der Waals surface area (Å²) in [5, 5.41) is 3.55. The Hall–Kier alpha value is -2.07. The zero-order valence-electron chi connectivity index (χ0n) is 9.51. The van der Waals surface area contributed by atoms with Gasteiger partial charge in [0.2, 0.25) is 5.91 Å². The molecule has 0 aliphatic heterocycles. The normalized spacial score (nSPS) is 11.8. The molecule has 1 unspecified atom stereocenters. The van der Waals surface area contributed by atoms with Crippen molar-refractivity contribution in [2.45, 2.75) is 6.04 Å². The van der Waals surface area contributed by atoms with Gasteiger partial charge < -0.3 is 11.1 Å². The fourth-order valence-corrected chi connectivity index (χ4v) is 1.79. The van der Waals surface area contributed by atoms with Crippen molar-refractivity contribution in [1.82, 2.24) is 4.98 Å². The number of nitrogens with zero attached hydrogens (tertiary/aromatic N) is 1. The van der Waals surface area contributed by atoms with Gasteiger partial charge in [-0.15, -0.1) is 0 Å². The molecule has 0 aliphatic rings. The van der Waals surface area contributed by atoms with Crippen molar-refractivity contribution < 1.29 is 4.79 Å². The predicted octanol–water partition coefficient (Wildman–Crippen LogP) is 2.37. The number of primary amides is 1. The van der Waals surface area contributed by atoms with Crippen LogP contribution in [0.4, 0.5) is 5.69 Å². The summed E-state index contributed by atoms with van der Waals surface area (Å²) in [6, 6.07) is 10.1. The van der Waals surface area contributed by atoms with Crippen LogP contribution in [0.2, 0.25) is 5.02 Å². The molecule has 0 saturated carbocycles. The number of para-hydroxylation sites is 1. The summed E-state index contributed by atoms with van der Waals surface area (Å²) < 4.78 is 0. The van der Waals surface area contributed by atoms with E-state index in [-0.39, 0.29) is 0 Å². The molecule has 0 fully saturated rings. The lowest BCUT2D eigenvalue weighted by Crippen LogP contribution is -2.27. The number of nitrogens with one attached hydrogen (secondary N) is 1. The van der Waals surface area contributed by atoms with Gasteiger partial charge in [-0.25, -0.2) is 0 Å². The summed E-state index contributed by atoms with van der Waals surface area (Å²) in [4.78, 5) is 15.5. The van der Waals surface area contributed by atoms with E-state index >= 15 is 0 Å². The molecule has 1 aromatic heterocycles. The van der Waals surface area contributed by atoms with Crippen LogP contribution in [0.25, 0.3) is 0 Å². The lowest BCUT2D eigenvalue weighted by atomic mass is 10.1. The van der Waals surface area contributed by atoms with Crippen LogP contribution in [0.1, 0.15) is 11.6 Å². The number of anilines is 1. The maximum atomic E-state index is 11.5. The molecule has 0 bridgehead atoms. The second kappa shape index (κ2) is 5.51. The maximum Gasteiger partial charge on any atom is 0.244 e. The second-order valence-electron chi connectivity index (χ2n) is 3.75. The third-order valence-electron chi connectivity index (χ3n) is 2.48. The molecule has 3 N–H and O–H groups in total. The third-order valence-corrected chi connectivity index (χ3v) is 2.81. The largest absolute Gasteiger partial charge is 0.369 e. The minimum Gasteiger partial charge on any atom is -0.369 e. The maximum absolute atomic E-state index is 11.5. The van der Waals surface area contributed by atoms with E-state index in [1.54, 1.807) is 36.7 Å². The highest BCUT2D eigenvalue weighted by molar-refractivity contribution is 6.33. The van der Waals surface area contributed by atoms with Gasteiger partial charge in [0.1, 0.15) is 6.04 Å². The van der Waals surface area contributed by atoms with Gasteiger partial charge in [-0.2, -0.15) is 0 Å². The molecule has 0 spiro atoms. The van der Waals surface area contributed by atoms with Gasteiger partial charge in [0.15, 0.2) is 0 Å². The zero-order valence-corrected chi connectivity index (χ0v) is 10.3. The van der Waals surface area contributed by atoms with Crippen molar-refractivity contribution >= 4 is 23.2 Å². The number of nitrogens with two attached hydrogens (primary N) is 1. The number of carbonyl (C=O) groups is 1. The van der Waals surface area contributed by atoms with E-state index in [1.807, 2.05) is 12.1 Å². The van der Waals surface area contributed by atoms with Gasteiger partial charge >= 0.3 is 0 Å². The fraction of sp³-hybridized carbons (Fsp3) is 0.0769. The third kappa shape index (κ3) is 2.78. The molecule has 2 aromatic rings. The average molecular weight is 262 g/mol. The molecule has 1 amide bonds. The molecule has 92 valence electrons. The number of halogens is 1. The van der Waals surface area contributed by atoms with E-state index in [0.29, 0.717) is 16.3 Å². The Morgan fingerprint density at radius 1 is 1.28 bits per heavy atom. The van der Waals surface area contributed by atoms with E-state index in [4.69, 9.17) is 17.3 Å². The minimum atomic E-state index is -0.654. The summed E-state index contributed by atoms with van der Waals surface area (Å²) in [5.41, 5.74) is 6.75. The molecule has 18 heavy (non-hydrogen) atoms. The average Bonchev–Trinajstić information content (AvgIpc) is 2.38. The summed E-state index contributed by atoms with van der Waals surface area (Å²) in [5.74, 6) is -0.483. The van der Waals surface area contributed by atoms with Crippen LogP contribution >= 0.6 is 11.6 Å². The Kier molecular flexibility index (Phi) is 3.79. The van der Waals surface area contributed by atoms with Crippen molar-refractivity contribution in [2.24, 2.45) is 5.73 Å².